The van der Waals surface area contributed by atoms with E-state index >= 15 is 0 Å². The number of hydrogen-bond acceptors (Lipinski definition) is 0. The first-order valence-electron chi connectivity index (χ1n) is 6.66. The van der Waals surface area contributed by atoms with Crippen molar-refractivity contribution < 1.29 is 0 Å². The predicted molar refractivity (Wildman–Crippen MR) is 64.4 cm³/mol. The minimum absolute atomic E-state index is 0.723. The Morgan fingerprint density at radius 2 is 1.64 bits per heavy atom. The van der Waals surface area contributed by atoms with E-state index in [1.807, 2.05) is 0 Å². The van der Waals surface area contributed by atoms with E-state index in [-0.39, 0.29) is 0 Å². The summed E-state index contributed by atoms with van der Waals surface area (Å²) in [5.74, 6) is 2.03. The van der Waals surface area contributed by atoms with Gasteiger partial charge in [0.1, 0.15) is 0 Å². The molecule has 0 aromatic rings. The highest BCUT2D eigenvalue weighted by Gasteiger charge is 2.55. The van der Waals surface area contributed by atoms with Crippen LogP contribution in [0.2, 0.25) is 0 Å². The van der Waals surface area contributed by atoms with E-state index in [9.17, 15) is 0 Å². The smallest absolute Gasteiger partial charge is 0.0266 e. The molecule has 3 unspecified atom stereocenters. The summed E-state index contributed by atoms with van der Waals surface area (Å²) >= 11 is 0. The van der Waals surface area contributed by atoms with Crippen molar-refractivity contribution in [2.24, 2.45) is 17.3 Å². The van der Waals surface area contributed by atoms with Crippen LogP contribution in [0.3, 0.4) is 0 Å². The Bertz CT molecular complexity index is 161. The quantitative estimate of drug-likeness (QED) is 0.501. The van der Waals surface area contributed by atoms with Crippen molar-refractivity contribution in [3.05, 3.63) is 0 Å². The Balaban J connectivity index is 2.07. The lowest BCUT2D eigenvalue weighted by Gasteiger charge is -2.10. The van der Waals surface area contributed by atoms with Crippen molar-refractivity contribution in [1.82, 2.24) is 0 Å². The zero-order valence-electron chi connectivity index (χ0n) is 10.6. The molecule has 0 aromatic heterocycles. The fourth-order valence-electron chi connectivity index (χ4n) is 3.25. The van der Waals surface area contributed by atoms with Gasteiger partial charge in [0, 0.05) is 0 Å². The minimum Gasteiger partial charge on any atom is -0.0654 e. The van der Waals surface area contributed by atoms with Crippen molar-refractivity contribution >= 4 is 0 Å². The van der Waals surface area contributed by atoms with Gasteiger partial charge in [0.05, 0.1) is 0 Å². The second-order valence-electron chi connectivity index (χ2n) is 5.47. The number of hydrogen-bond donors (Lipinski definition) is 0. The maximum Gasteiger partial charge on any atom is -0.0266 e. The first-order valence-corrected chi connectivity index (χ1v) is 6.66. The second kappa shape index (κ2) is 5.19. The van der Waals surface area contributed by atoms with Gasteiger partial charge in [-0.1, -0.05) is 66.2 Å². The van der Waals surface area contributed by atoms with Gasteiger partial charge in [-0.05, 0) is 23.7 Å². The molecule has 0 aliphatic heterocycles. The van der Waals surface area contributed by atoms with E-state index in [0.29, 0.717) is 0 Å². The Morgan fingerprint density at radius 1 is 1.00 bits per heavy atom. The van der Waals surface area contributed by atoms with Crippen molar-refractivity contribution in [2.45, 2.75) is 72.6 Å². The highest BCUT2D eigenvalue weighted by atomic mass is 14.6. The summed E-state index contributed by atoms with van der Waals surface area (Å²) in [5.41, 5.74) is 0.723. The van der Waals surface area contributed by atoms with Crippen LogP contribution < -0.4 is 0 Å². The lowest BCUT2D eigenvalue weighted by Crippen LogP contribution is -1.98. The van der Waals surface area contributed by atoms with Gasteiger partial charge in [0.2, 0.25) is 0 Å². The van der Waals surface area contributed by atoms with Crippen LogP contribution in [0.1, 0.15) is 72.6 Å². The molecule has 0 nitrogen and oxygen atoms in total. The molecule has 1 rings (SSSR count). The van der Waals surface area contributed by atoms with Gasteiger partial charge >= 0.3 is 0 Å². The summed E-state index contributed by atoms with van der Waals surface area (Å²) < 4.78 is 0. The maximum atomic E-state index is 2.51. The number of rotatable bonds is 7. The van der Waals surface area contributed by atoms with Crippen LogP contribution in [0, 0.1) is 17.3 Å². The Kier molecular flexibility index (Phi) is 4.47. The van der Waals surface area contributed by atoms with Crippen LogP contribution in [0.5, 0.6) is 0 Å². The SMILES string of the molecule is CCCCCCCC1(C)C(C)C1CC. The van der Waals surface area contributed by atoms with Gasteiger partial charge in [-0.2, -0.15) is 0 Å². The molecule has 0 spiro atoms. The zero-order valence-corrected chi connectivity index (χ0v) is 10.6. The van der Waals surface area contributed by atoms with E-state index in [1.54, 1.807) is 0 Å². The average Bonchev–Trinajstić information content (AvgIpc) is 2.69. The van der Waals surface area contributed by atoms with Gasteiger partial charge in [0.15, 0.2) is 0 Å². The van der Waals surface area contributed by atoms with Gasteiger partial charge in [0.25, 0.3) is 0 Å². The normalized spacial score (nSPS) is 36.0. The molecule has 84 valence electrons. The lowest BCUT2D eigenvalue weighted by atomic mass is 9.95. The molecule has 0 heteroatoms. The molecule has 0 N–H and O–H groups in total. The maximum absolute atomic E-state index is 2.51. The molecule has 0 aromatic carbocycles. The monoisotopic (exact) mass is 196 g/mol. The van der Waals surface area contributed by atoms with Crippen LogP contribution in [-0.2, 0) is 0 Å². The third-order valence-electron chi connectivity index (χ3n) is 4.64. The largest absolute Gasteiger partial charge is 0.0654 e. The Labute approximate surface area is 90.5 Å². The van der Waals surface area contributed by atoms with E-state index in [2.05, 4.69) is 27.7 Å². The molecule has 1 saturated carbocycles. The summed E-state index contributed by atoms with van der Waals surface area (Å²) in [5, 5.41) is 0. The van der Waals surface area contributed by atoms with Crippen LogP contribution in [-0.4, -0.2) is 0 Å². The summed E-state index contributed by atoms with van der Waals surface area (Å²) in [6.45, 7) is 9.59. The van der Waals surface area contributed by atoms with E-state index in [4.69, 9.17) is 0 Å². The highest BCUT2D eigenvalue weighted by Crippen LogP contribution is 2.62. The van der Waals surface area contributed by atoms with Crippen LogP contribution in [0.25, 0.3) is 0 Å². The predicted octanol–water partition coefficient (Wildman–Crippen LogP) is 5.03. The van der Waals surface area contributed by atoms with Crippen molar-refractivity contribution in [3.8, 4) is 0 Å². The molecule has 14 heavy (non-hydrogen) atoms. The summed E-state index contributed by atoms with van der Waals surface area (Å²) in [6.07, 6.45) is 10.1. The first-order chi connectivity index (χ1) is 6.66. The topological polar surface area (TPSA) is 0 Å². The van der Waals surface area contributed by atoms with Crippen molar-refractivity contribution in [2.75, 3.05) is 0 Å². The molecule has 1 fully saturated rings. The fraction of sp³-hybridized carbons (Fsp3) is 1.00. The van der Waals surface area contributed by atoms with Crippen molar-refractivity contribution in [1.29, 1.82) is 0 Å². The summed E-state index contributed by atoms with van der Waals surface area (Å²) in [6, 6.07) is 0. The van der Waals surface area contributed by atoms with Crippen LogP contribution >= 0.6 is 0 Å². The zero-order chi connectivity index (χ0) is 10.6. The first kappa shape index (κ1) is 12.1. The average molecular weight is 196 g/mol. The minimum atomic E-state index is 0.723. The van der Waals surface area contributed by atoms with E-state index in [1.165, 1.54) is 44.9 Å². The molecular weight excluding hydrogens is 168 g/mol. The van der Waals surface area contributed by atoms with Gasteiger partial charge in [-0.25, -0.2) is 0 Å². The molecule has 0 heterocycles. The molecular formula is C14H28. The summed E-state index contributed by atoms with van der Waals surface area (Å²) in [7, 11) is 0. The number of unbranched alkanes of at least 4 members (excludes halogenated alkanes) is 4. The third kappa shape index (κ3) is 2.52. The van der Waals surface area contributed by atoms with E-state index < -0.39 is 0 Å². The van der Waals surface area contributed by atoms with Gasteiger partial charge < -0.3 is 0 Å². The van der Waals surface area contributed by atoms with Crippen molar-refractivity contribution in [3.63, 3.8) is 0 Å². The molecule has 0 amide bonds. The Morgan fingerprint density at radius 3 is 2.14 bits per heavy atom. The molecule has 0 saturated heterocycles. The van der Waals surface area contributed by atoms with Gasteiger partial charge in [-0.15, -0.1) is 0 Å². The molecule has 3 atom stereocenters. The standard InChI is InChI=1S/C14H28/c1-5-7-8-9-10-11-14(4)12(3)13(14)6-2/h12-13H,5-11H2,1-4H3. The fourth-order valence-corrected chi connectivity index (χ4v) is 3.25. The van der Waals surface area contributed by atoms with E-state index in [0.717, 1.165) is 17.3 Å². The molecule has 1 aliphatic rings. The Hall–Kier alpha value is 0. The third-order valence-corrected chi connectivity index (χ3v) is 4.64. The lowest BCUT2D eigenvalue weighted by molar-refractivity contribution is 0.411. The second-order valence-corrected chi connectivity index (χ2v) is 5.47. The molecule has 0 bridgehead atoms. The van der Waals surface area contributed by atoms with Crippen LogP contribution in [0.4, 0.5) is 0 Å². The van der Waals surface area contributed by atoms with Crippen LogP contribution in [0.15, 0.2) is 0 Å². The molecule has 0 radical (unpaired) electrons. The summed E-state index contributed by atoms with van der Waals surface area (Å²) in [4.78, 5) is 0. The molecule has 1 aliphatic carbocycles. The van der Waals surface area contributed by atoms with Gasteiger partial charge in [-0.3, -0.25) is 0 Å². The highest BCUT2D eigenvalue weighted by molar-refractivity contribution is 5.04.